The Hall–Kier alpha value is -3.17. The average Bonchev–Trinajstić information content (AvgIpc) is 3.01. The molecule has 1 amide bonds. The Morgan fingerprint density at radius 2 is 1.74 bits per heavy atom. The van der Waals surface area contributed by atoms with Crippen molar-refractivity contribution in [2.24, 2.45) is 0 Å². The van der Waals surface area contributed by atoms with E-state index in [0.717, 1.165) is 37.3 Å². The van der Waals surface area contributed by atoms with E-state index in [1.165, 1.54) is 18.2 Å². The van der Waals surface area contributed by atoms with Crippen LogP contribution in [0.25, 0.3) is 0 Å². The number of aryl methyl sites for hydroxylation is 1. The van der Waals surface area contributed by atoms with Gasteiger partial charge in [0, 0.05) is 37.8 Å². The number of nitrogens with zero attached hydrogens (tertiary/aromatic N) is 3. The summed E-state index contributed by atoms with van der Waals surface area (Å²) < 4.78 is 35.1. The number of rotatable bonds is 5. The average molecular weight is 433 g/mol. The number of anilines is 2. The van der Waals surface area contributed by atoms with Gasteiger partial charge in [0.15, 0.2) is 11.5 Å². The highest BCUT2D eigenvalue weighted by Gasteiger charge is 2.43. The molecule has 0 atom stereocenters. The first-order valence-corrected chi connectivity index (χ1v) is 10.2. The van der Waals surface area contributed by atoms with Gasteiger partial charge in [-0.3, -0.25) is 4.79 Å². The molecule has 1 aliphatic carbocycles. The smallest absolute Gasteiger partial charge is 0.395 e. The second-order valence-electron chi connectivity index (χ2n) is 8.05. The van der Waals surface area contributed by atoms with Crippen molar-refractivity contribution in [1.29, 1.82) is 0 Å². The van der Waals surface area contributed by atoms with Gasteiger partial charge in [0.2, 0.25) is 0 Å². The maximum atomic E-state index is 13.2. The monoisotopic (exact) mass is 433 g/mol. The molecule has 2 aromatic rings. The highest BCUT2D eigenvalue weighted by Crippen LogP contribution is 2.41. The van der Waals surface area contributed by atoms with Crippen LogP contribution in [0.2, 0.25) is 0 Å². The van der Waals surface area contributed by atoms with Gasteiger partial charge in [-0.05, 0) is 50.8 Å². The molecule has 0 spiro atoms. The summed E-state index contributed by atoms with van der Waals surface area (Å²) in [4.78, 5) is 23.3. The van der Waals surface area contributed by atoms with Crippen LogP contribution in [0.3, 0.4) is 0 Å². The molecule has 166 valence electrons. The summed E-state index contributed by atoms with van der Waals surface area (Å²) in [7, 11) is 3.87. The molecule has 1 fully saturated rings. The molecule has 4 rings (SSSR count). The molecular weight excluding hydrogens is 408 g/mol. The summed E-state index contributed by atoms with van der Waals surface area (Å²) in [6.07, 6.45) is -0.344. The molecule has 0 bridgehead atoms. The molecular formula is C21H25F2N5O3. The highest BCUT2D eigenvalue weighted by molar-refractivity contribution is 5.95. The molecule has 31 heavy (non-hydrogen) atoms. The molecule has 2 aliphatic rings. The quantitative estimate of drug-likeness (QED) is 0.748. The number of benzene rings is 1. The molecule has 1 aliphatic heterocycles. The van der Waals surface area contributed by atoms with Crippen molar-refractivity contribution >= 4 is 17.5 Å². The van der Waals surface area contributed by atoms with Gasteiger partial charge in [-0.1, -0.05) is 0 Å². The fourth-order valence-electron chi connectivity index (χ4n) is 3.81. The number of alkyl halides is 2. The van der Waals surface area contributed by atoms with Crippen molar-refractivity contribution in [2.45, 2.75) is 51.0 Å². The molecule has 10 heteroatoms. The molecule has 1 aromatic heterocycles. The number of hydrogen-bond acceptors (Lipinski definition) is 7. The number of hydrogen-bond donors (Lipinski definition) is 2. The third-order valence-corrected chi connectivity index (χ3v) is 5.36. The van der Waals surface area contributed by atoms with E-state index < -0.39 is 6.29 Å². The Balaban J connectivity index is 1.30. The highest BCUT2D eigenvalue weighted by atomic mass is 19.3. The van der Waals surface area contributed by atoms with E-state index in [9.17, 15) is 13.6 Å². The van der Waals surface area contributed by atoms with Crippen LogP contribution in [-0.2, 0) is 0 Å². The maximum Gasteiger partial charge on any atom is 0.586 e. The predicted molar refractivity (Wildman–Crippen MR) is 111 cm³/mol. The van der Waals surface area contributed by atoms with Crippen molar-refractivity contribution in [2.75, 3.05) is 24.3 Å². The zero-order chi connectivity index (χ0) is 22.2. The number of aromatic nitrogens is 2. The minimum absolute atomic E-state index is 0.0156. The number of carbonyl (C=O) groups excluding carboxylic acids is 1. The second kappa shape index (κ2) is 8.16. The van der Waals surface area contributed by atoms with Gasteiger partial charge in [-0.15, -0.1) is 8.78 Å². The number of ether oxygens (including phenoxy) is 2. The van der Waals surface area contributed by atoms with Crippen LogP contribution in [0.15, 0.2) is 24.3 Å². The summed E-state index contributed by atoms with van der Waals surface area (Å²) in [5, 5.41) is 6.45. The van der Waals surface area contributed by atoms with Crippen LogP contribution in [0, 0.1) is 6.92 Å². The van der Waals surface area contributed by atoms with Crippen LogP contribution in [0.1, 0.15) is 41.9 Å². The minimum atomic E-state index is -3.70. The second-order valence-corrected chi connectivity index (χ2v) is 8.05. The Kier molecular flexibility index (Phi) is 5.55. The Bertz CT molecular complexity index is 977. The van der Waals surface area contributed by atoms with E-state index >= 15 is 0 Å². The standard InChI is InChI=1S/C21H25F2N5O3/c1-12-24-18(11-19(25-12)28(2)3)26-14-5-7-15(8-6-14)27-20(29)13-4-9-16-17(10-13)31-21(22,23)30-16/h4,9-11,14-15H,5-8H2,1-3H3,(H,27,29)(H,24,25,26). The fraction of sp³-hybridized carbons (Fsp3) is 0.476. The molecule has 2 N–H and O–H groups in total. The maximum absolute atomic E-state index is 13.2. The first-order chi connectivity index (χ1) is 14.7. The normalized spacial score (nSPS) is 21.5. The van der Waals surface area contributed by atoms with Gasteiger partial charge >= 0.3 is 6.29 Å². The molecule has 2 heterocycles. The predicted octanol–water partition coefficient (Wildman–Crippen LogP) is 3.33. The summed E-state index contributed by atoms with van der Waals surface area (Å²) in [6.45, 7) is 1.86. The van der Waals surface area contributed by atoms with Crippen LogP contribution < -0.4 is 25.0 Å². The zero-order valence-electron chi connectivity index (χ0n) is 17.6. The van der Waals surface area contributed by atoms with E-state index in [2.05, 4.69) is 30.1 Å². The third kappa shape index (κ3) is 4.95. The lowest BCUT2D eigenvalue weighted by atomic mass is 9.91. The third-order valence-electron chi connectivity index (χ3n) is 5.36. The molecule has 1 aromatic carbocycles. The van der Waals surface area contributed by atoms with Crippen LogP contribution in [0.4, 0.5) is 20.4 Å². The largest absolute Gasteiger partial charge is 0.586 e. The molecule has 0 radical (unpaired) electrons. The Labute approximate surface area is 179 Å². The number of amides is 1. The molecule has 0 saturated heterocycles. The molecule has 0 unspecified atom stereocenters. The van der Waals surface area contributed by atoms with Gasteiger partial charge in [-0.25, -0.2) is 9.97 Å². The van der Waals surface area contributed by atoms with E-state index in [1.54, 1.807) is 0 Å². The van der Waals surface area contributed by atoms with E-state index in [-0.39, 0.29) is 35.1 Å². The lowest BCUT2D eigenvalue weighted by Crippen LogP contribution is -2.40. The Morgan fingerprint density at radius 1 is 1.06 bits per heavy atom. The van der Waals surface area contributed by atoms with Crippen molar-refractivity contribution in [1.82, 2.24) is 15.3 Å². The fourth-order valence-corrected chi connectivity index (χ4v) is 3.81. The number of carbonyl (C=O) groups is 1. The molecule has 8 nitrogen and oxygen atoms in total. The first-order valence-electron chi connectivity index (χ1n) is 10.2. The van der Waals surface area contributed by atoms with Crippen molar-refractivity contribution < 1.29 is 23.0 Å². The van der Waals surface area contributed by atoms with E-state index in [1.807, 2.05) is 32.0 Å². The van der Waals surface area contributed by atoms with Crippen molar-refractivity contribution in [3.63, 3.8) is 0 Å². The van der Waals surface area contributed by atoms with E-state index in [0.29, 0.717) is 5.82 Å². The molecule has 1 saturated carbocycles. The van der Waals surface area contributed by atoms with Crippen molar-refractivity contribution in [3.05, 3.63) is 35.7 Å². The lowest BCUT2D eigenvalue weighted by molar-refractivity contribution is -0.286. The zero-order valence-corrected chi connectivity index (χ0v) is 17.6. The summed E-state index contributed by atoms with van der Waals surface area (Å²) >= 11 is 0. The summed E-state index contributed by atoms with van der Waals surface area (Å²) in [6, 6.07) is 6.23. The van der Waals surface area contributed by atoms with Crippen molar-refractivity contribution in [3.8, 4) is 11.5 Å². The van der Waals surface area contributed by atoms with Gasteiger partial charge in [0.25, 0.3) is 5.91 Å². The number of fused-ring (bicyclic) bond motifs is 1. The minimum Gasteiger partial charge on any atom is -0.395 e. The lowest BCUT2D eigenvalue weighted by Gasteiger charge is -2.30. The van der Waals surface area contributed by atoms with Gasteiger partial charge < -0.3 is 25.0 Å². The number of nitrogens with one attached hydrogen (secondary N) is 2. The van der Waals surface area contributed by atoms with Crippen LogP contribution in [0.5, 0.6) is 11.5 Å². The summed E-state index contributed by atoms with van der Waals surface area (Å²) in [5.74, 6) is 1.81. The van der Waals surface area contributed by atoms with Crippen LogP contribution >= 0.6 is 0 Å². The Morgan fingerprint density at radius 3 is 2.45 bits per heavy atom. The van der Waals surface area contributed by atoms with Gasteiger partial charge in [0.05, 0.1) is 0 Å². The van der Waals surface area contributed by atoms with Gasteiger partial charge in [0.1, 0.15) is 17.5 Å². The first kappa shape index (κ1) is 21.1. The SMILES string of the molecule is Cc1nc(NC2CCC(NC(=O)c3ccc4c(c3)OC(F)(F)O4)CC2)cc(N(C)C)n1. The van der Waals surface area contributed by atoms with Crippen LogP contribution in [-0.4, -0.2) is 48.3 Å². The number of halogens is 2. The summed E-state index contributed by atoms with van der Waals surface area (Å²) in [5.41, 5.74) is 0.257. The topological polar surface area (TPSA) is 88.6 Å². The van der Waals surface area contributed by atoms with Gasteiger partial charge in [-0.2, -0.15) is 0 Å². The van der Waals surface area contributed by atoms with E-state index in [4.69, 9.17) is 0 Å².